The zero-order chi connectivity index (χ0) is 20.9. The number of aryl methyl sites for hydroxylation is 1. The number of rotatable bonds is 7. The Morgan fingerprint density at radius 1 is 1.03 bits per heavy atom. The third kappa shape index (κ3) is 5.62. The molecule has 3 rings (SSSR count). The van der Waals surface area contributed by atoms with Crippen LogP contribution in [-0.4, -0.2) is 31.8 Å². The number of carbonyl (C=O) groups excluding carboxylic acids is 2. The molecule has 2 amide bonds. The average molecular weight is 431 g/mol. The van der Waals surface area contributed by atoms with E-state index in [0.717, 1.165) is 5.56 Å². The minimum atomic E-state index is -3.76. The van der Waals surface area contributed by atoms with Gasteiger partial charge in [0.15, 0.2) is 5.13 Å². The Labute approximate surface area is 172 Å². The van der Waals surface area contributed by atoms with Crippen molar-refractivity contribution < 1.29 is 18.0 Å². The first-order valence-corrected chi connectivity index (χ1v) is 10.9. The van der Waals surface area contributed by atoms with E-state index in [9.17, 15) is 18.0 Å². The number of hydrogen-bond acceptors (Lipinski definition) is 6. The van der Waals surface area contributed by atoms with Gasteiger partial charge < -0.3 is 10.6 Å². The largest absolute Gasteiger partial charge is 0.343 e. The molecule has 0 aliphatic heterocycles. The van der Waals surface area contributed by atoms with Gasteiger partial charge in [-0.3, -0.25) is 14.3 Å². The van der Waals surface area contributed by atoms with Crippen LogP contribution in [-0.2, 0) is 14.8 Å². The molecule has 1 heterocycles. The highest BCUT2D eigenvalue weighted by Gasteiger charge is 2.15. The maximum atomic E-state index is 12.3. The summed E-state index contributed by atoms with van der Waals surface area (Å²) in [6.45, 7) is 1.71. The van der Waals surface area contributed by atoms with Crippen molar-refractivity contribution in [2.24, 2.45) is 0 Å². The molecule has 2 aromatic carbocycles. The number of hydrogen-bond donors (Lipinski definition) is 3. The van der Waals surface area contributed by atoms with Crippen molar-refractivity contribution in [3.8, 4) is 0 Å². The van der Waals surface area contributed by atoms with Crippen molar-refractivity contribution in [3.63, 3.8) is 0 Å². The normalized spacial score (nSPS) is 10.9. The molecule has 1 aromatic heterocycles. The summed E-state index contributed by atoms with van der Waals surface area (Å²) in [5.74, 6) is -0.781. The van der Waals surface area contributed by atoms with Crippen molar-refractivity contribution >= 4 is 44.0 Å². The fourth-order valence-corrected chi connectivity index (χ4v) is 4.13. The number of carbonyl (C=O) groups is 2. The van der Waals surface area contributed by atoms with Crippen LogP contribution in [0.5, 0.6) is 0 Å². The minimum Gasteiger partial charge on any atom is -0.343 e. The number of nitrogens with zero attached hydrogens (tertiary/aromatic N) is 1. The van der Waals surface area contributed by atoms with E-state index in [1.807, 2.05) is 19.1 Å². The first-order valence-electron chi connectivity index (χ1n) is 8.50. The second kappa shape index (κ2) is 8.84. The standard InChI is InChI=1S/C19H18N4O4S2/c1-13-2-4-14(5-3-13)18(25)21-12-17(24)22-15-6-8-16(9-7-15)29(26,27)23-19-20-10-11-28-19/h2-11H,12H2,1H3,(H,20,23)(H,21,25)(H,22,24). The maximum Gasteiger partial charge on any atom is 0.263 e. The number of anilines is 2. The van der Waals surface area contributed by atoms with Crippen molar-refractivity contribution in [3.05, 3.63) is 71.2 Å². The van der Waals surface area contributed by atoms with E-state index in [-0.39, 0.29) is 22.5 Å². The Bertz CT molecular complexity index is 1090. The van der Waals surface area contributed by atoms with E-state index in [1.165, 1.54) is 41.8 Å². The minimum absolute atomic E-state index is 0.0402. The van der Waals surface area contributed by atoms with E-state index < -0.39 is 15.9 Å². The highest BCUT2D eigenvalue weighted by atomic mass is 32.2. The lowest BCUT2D eigenvalue weighted by atomic mass is 10.1. The van der Waals surface area contributed by atoms with E-state index >= 15 is 0 Å². The van der Waals surface area contributed by atoms with Crippen LogP contribution in [0, 0.1) is 6.92 Å². The molecule has 0 aliphatic carbocycles. The summed E-state index contributed by atoms with van der Waals surface area (Å²) >= 11 is 1.17. The van der Waals surface area contributed by atoms with E-state index in [1.54, 1.807) is 17.5 Å². The quantitative estimate of drug-likeness (QED) is 0.533. The molecule has 0 atom stereocenters. The monoisotopic (exact) mass is 430 g/mol. The van der Waals surface area contributed by atoms with Crippen LogP contribution in [0.15, 0.2) is 65.0 Å². The lowest BCUT2D eigenvalue weighted by Crippen LogP contribution is -2.32. The summed E-state index contributed by atoms with van der Waals surface area (Å²) in [6.07, 6.45) is 1.50. The predicted octanol–water partition coefficient (Wildman–Crippen LogP) is 2.62. The van der Waals surface area contributed by atoms with Gasteiger partial charge in [-0.05, 0) is 43.3 Å². The molecule has 0 unspecified atom stereocenters. The topological polar surface area (TPSA) is 117 Å². The van der Waals surface area contributed by atoms with Crippen molar-refractivity contribution in [1.82, 2.24) is 10.3 Å². The highest BCUT2D eigenvalue weighted by Crippen LogP contribution is 2.19. The molecule has 10 heteroatoms. The van der Waals surface area contributed by atoms with Crippen LogP contribution < -0.4 is 15.4 Å². The van der Waals surface area contributed by atoms with Crippen LogP contribution in [0.25, 0.3) is 0 Å². The first kappa shape index (κ1) is 20.5. The summed E-state index contributed by atoms with van der Waals surface area (Å²) in [6, 6.07) is 12.7. The molecule has 0 saturated heterocycles. The third-order valence-corrected chi connectivity index (χ3v) is 6.00. The zero-order valence-electron chi connectivity index (χ0n) is 15.4. The molecule has 0 aliphatic rings. The SMILES string of the molecule is Cc1ccc(C(=O)NCC(=O)Nc2ccc(S(=O)(=O)Nc3nccs3)cc2)cc1. The molecule has 8 nitrogen and oxygen atoms in total. The molecule has 0 bridgehead atoms. The van der Waals surface area contributed by atoms with E-state index in [2.05, 4.69) is 20.3 Å². The fraction of sp³-hybridized carbons (Fsp3) is 0.105. The molecule has 150 valence electrons. The summed E-state index contributed by atoms with van der Waals surface area (Å²) in [4.78, 5) is 28.0. The van der Waals surface area contributed by atoms with Crippen LogP contribution >= 0.6 is 11.3 Å². The van der Waals surface area contributed by atoms with Crippen LogP contribution in [0.3, 0.4) is 0 Å². The molecule has 0 spiro atoms. The van der Waals surface area contributed by atoms with Gasteiger partial charge >= 0.3 is 0 Å². The lowest BCUT2D eigenvalue weighted by Gasteiger charge is -2.09. The number of aromatic nitrogens is 1. The smallest absolute Gasteiger partial charge is 0.263 e. The van der Waals surface area contributed by atoms with Gasteiger partial charge in [0.1, 0.15) is 0 Å². The average Bonchev–Trinajstić information content (AvgIpc) is 3.19. The zero-order valence-corrected chi connectivity index (χ0v) is 17.0. The molecule has 0 radical (unpaired) electrons. The first-order chi connectivity index (χ1) is 13.8. The molecule has 0 fully saturated rings. The Morgan fingerprint density at radius 3 is 2.34 bits per heavy atom. The van der Waals surface area contributed by atoms with Gasteiger partial charge in [0.25, 0.3) is 15.9 Å². The predicted molar refractivity (Wildman–Crippen MR) is 112 cm³/mol. The number of benzene rings is 2. The summed E-state index contributed by atoms with van der Waals surface area (Å²) in [5.41, 5.74) is 1.91. The van der Waals surface area contributed by atoms with Gasteiger partial charge in [0.2, 0.25) is 5.91 Å². The molecule has 3 N–H and O–H groups in total. The van der Waals surface area contributed by atoms with E-state index in [0.29, 0.717) is 11.3 Å². The Balaban J connectivity index is 1.54. The van der Waals surface area contributed by atoms with Gasteiger partial charge in [0.05, 0.1) is 11.4 Å². The van der Waals surface area contributed by atoms with Crippen molar-refractivity contribution in [1.29, 1.82) is 0 Å². The number of thiazole rings is 1. The van der Waals surface area contributed by atoms with Gasteiger partial charge in [-0.1, -0.05) is 17.7 Å². The number of sulfonamides is 1. The Hall–Kier alpha value is -3.24. The summed E-state index contributed by atoms with van der Waals surface area (Å²) in [5, 5.41) is 7.07. The Kier molecular flexibility index (Phi) is 6.25. The van der Waals surface area contributed by atoms with Crippen molar-refractivity contribution in [2.75, 3.05) is 16.6 Å². The number of amides is 2. The molecular formula is C19H18N4O4S2. The third-order valence-electron chi connectivity index (χ3n) is 3.83. The van der Waals surface area contributed by atoms with Crippen LogP contribution in [0.4, 0.5) is 10.8 Å². The molecule has 29 heavy (non-hydrogen) atoms. The maximum absolute atomic E-state index is 12.3. The molecular weight excluding hydrogens is 412 g/mol. The number of nitrogens with one attached hydrogen (secondary N) is 3. The van der Waals surface area contributed by atoms with Gasteiger partial charge in [-0.25, -0.2) is 13.4 Å². The molecule has 0 saturated carbocycles. The van der Waals surface area contributed by atoms with E-state index in [4.69, 9.17) is 0 Å². The summed E-state index contributed by atoms with van der Waals surface area (Å²) < 4.78 is 26.9. The fourth-order valence-electron chi connectivity index (χ4n) is 2.34. The van der Waals surface area contributed by atoms with Gasteiger partial charge in [0, 0.05) is 22.8 Å². The Morgan fingerprint density at radius 2 is 1.72 bits per heavy atom. The summed E-state index contributed by atoms with van der Waals surface area (Å²) in [7, 11) is -3.76. The lowest BCUT2D eigenvalue weighted by molar-refractivity contribution is -0.115. The van der Waals surface area contributed by atoms with Crippen LogP contribution in [0.1, 0.15) is 15.9 Å². The van der Waals surface area contributed by atoms with Crippen LogP contribution in [0.2, 0.25) is 0 Å². The highest BCUT2D eigenvalue weighted by molar-refractivity contribution is 7.93. The second-order valence-corrected chi connectivity index (χ2v) is 8.64. The second-order valence-electron chi connectivity index (χ2n) is 6.06. The van der Waals surface area contributed by atoms with Crippen molar-refractivity contribution in [2.45, 2.75) is 11.8 Å². The van der Waals surface area contributed by atoms with Gasteiger partial charge in [-0.15, -0.1) is 11.3 Å². The molecule has 3 aromatic rings. The van der Waals surface area contributed by atoms with Gasteiger partial charge in [-0.2, -0.15) is 0 Å².